The lowest BCUT2D eigenvalue weighted by Gasteiger charge is -2.28. The van der Waals surface area contributed by atoms with Crippen molar-refractivity contribution >= 4 is 17.5 Å². The van der Waals surface area contributed by atoms with Crippen LogP contribution in [-0.4, -0.2) is 41.8 Å². The zero-order valence-corrected chi connectivity index (χ0v) is 21.4. The van der Waals surface area contributed by atoms with Crippen LogP contribution in [0.2, 0.25) is 0 Å². The SMILES string of the molecule is C[C@@H]1OC(c2ccc(OCCCO)cc2)=N[C@]1(Cc1ccccc1N=[N+]=[N-])C(=O)NNCc1ccc(F)cc1. The third kappa shape index (κ3) is 6.71. The largest absolute Gasteiger partial charge is 0.494 e. The number of azide groups is 1. The van der Waals surface area contributed by atoms with E-state index in [2.05, 4.69) is 20.9 Å². The predicted molar refractivity (Wildman–Crippen MR) is 144 cm³/mol. The molecule has 3 aromatic carbocycles. The quantitative estimate of drug-likeness (QED) is 0.104. The molecule has 3 aromatic rings. The molecule has 0 unspecified atom stereocenters. The number of nitrogens with one attached hydrogen (secondary N) is 2. The van der Waals surface area contributed by atoms with E-state index in [9.17, 15) is 9.18 Å². The first-order valence-corrected chi connectivity index (χ1v) is 12.5. The number of rotatable bonds is 12. The lowest BCUT2D eigenvalue weighted by Crippen LogP contribution is -2.55. The average molecular weight is 533 g/mol. The van der Waals surface area contributed by atoms with Crippen molar-refractivity contribution in [2.45, 2.75) is 38.0 Å². The summed E-state index contributed by atoms with van der Waals surface area (Å²) in [5.74, 6) is 0.145. The monoisotopic (exact) mass is 532 g/mol. The van der Waals surface area contributed by atoms with Gasteiger partial charge in [0.1, 0.15) is 17.7 Å². The molecule has 1 aliphatic heterocycles. The maximum atomic E-state index is 13.7. The molecule has 0 saturated carbocycles. The number of carbonyl (C=O) groups excluding carboxylic acids is 1. The average Bonchev–Trinajstić information content (AvgIpc) is 3.28. The number of nitrogens with zero attached hydrogens (tertiary/aromatic N) is 4. The molecule has 2 atom stereocenters. The van der Waals surface area contributed by atoms with E-state index >= 15 is 0 Å². The first-order valence-electron chi connectivity index (χ1n) is 12.5. The third-order valence-electron chi connectivity index (χ3n) is 6.34. The topological polar surface area (TPSA) is 141 Å². The Morgan fingerprint density at radius 1 is 1.18 bits per heavy atom. The summed E-state index contributed by atoms with van der Waals surface area (Å²) in [6, 6.07) is 20.0. The number of benzene rings is 3. The van der Waals surface area contributed by atoms with E-state index < -0.39 is 17.6 Å². The standard InChI is InChI=1S/C28H29FN6O4/c1-19-28(17-22-5-2-3-6-25(22)33-35-30,27(37)34-31-18-20-7-11-23(29)12-8-20)32-26(39-19)21-9-13-24(14-10-21)38-16-4-15-36/h2-3,5-14,19,31,36H,4,15-18H2,1H3,(H,34,37)/t19-,28-/m0/s1. The van der Waals surface area contributed by atoms with E-state index in [-0.39, 0.29) is 25.4 Å². The van der Waals surface area contributed by atoms with Crippen LogP contribution in [0.4, 0.5) is 10.1 Å². The number of aliphatic hydroxyl groups is 1. The van der Waals surface area contributed by atoms with Gasteiger partial charge in [0.15, 0.2) is 5.54 Å². The number of aliphatic imine (C=N–C) groups is 1. The van der Waals surface area contributed by atoms with Gasteiger partial charge in [-0.15, -0.1) is 0 Å². The number of halogens is 1. The highest BCUT2D eigenvalue weighted by Crippen LogP contribution is 2.35. The smallest absolute Gasteiger partial charge is 0.266 e. The Labute approximate surface area is 225 Å². The fourth-order valence-corrected chi connectivity index (χ4v) is 4.18. The van der Waals surface area contributed by atoms with Crippen molar-refractivity contribution in [1.82, 2.24) is 10.9 Å². The molecule has 0 spiro atoms. The van der Waals surface area contributed by atoms with Gasteiger partial charge in [-0.1, -0.05) is 41.5 Å². The van der Waals surface area contributed by atoms with Crippen molar-refractivity contribution in [3.8, 4) is 5.75 Å². The summed E-state index contributed by atoms with van der Waals surface area (Å²) in [6.45, 7) is 2.47. The molecule has 202 valence electrons. The van der Waals surface area contributed by atoms with Gasteiger partial charge >= 0.3 is 0 Å². The molecular formula is C28H29FN6O4. The summed E-state index contributed by atoms with van der Waals surface area (Å²) < 4.78 is 24.9. The summed E-state index contributed by atoms with van der Waals surface area (Å²) >= 11 is 0. The molecule has 0 aromatic heterocycles. The number of hydrazine groups is 1. The highest BCUT2D eigenvalue weighted by molar-refractivity contribution is 6.00. The first kappa shape index (κ1) is 27.6. The molecule has 0 aliphatic carbocycles. The molecule has 39 heavy (non-hydrogen) atoms. The lowest BCUT2D eigenvalue weighted by molar-refractivity contribution is -0.129. The van der Waals surface area contributed by atoms with Crippen molar-refractivity contribution in [2.75, 3.05) is 13.2 Å². The molecule has 1 heterocycles. The number of hydrogen-bond donors (Lipinski definition) is 3. The second-order valence-electron chi connectivity index (χ2n) is 8.98. The Hall–Kier alpha value is -4.44. The number of carbonyl (C=O) groups is 1. The van der Waals surface area contributed by atoms with Gasteiger partial charge < -0.3 is 14.6 Å². The van der Waals surface area contributed by atoms with E-state index in [1.54, 1.807) is 67.6 Å². The normalized spacial score (nSPS) is 18.0. The zero-order valence-electron chi connectivity index (χ0n) is 21.4. The van der Waals surface area contributed by atoms with E-state index in [4.69, 9.17) is 25.1 Å². The highest BCUT2D eigenvalue weighted by atomic mass is 19.1. The lowest BCUT2D eigenvalue weighted by atomic mass is 9.85. The Kier molecular flexibility index (Phi) is 9.11. The van der Waals surface area contributed by atoms with Crippen LogP contribution in [0, 0.1) is 5.82 Å². The molecule has 0 fully saturated rings. The molecule has 0 bridgehead atoms. The molecule has 4 rings (SSSR count). The van der Waals surface area contributed by atoms with E-state index in [1.165, 1.54) is 12.1 Å². The van der Waals surface area contributed by atoms with Gasteiger partial charge in [-0.25, -0.2) is 14.8 Å². The third-order valence-corrected chi connectivity index (χ3v) is 6.34. The molecule has 3 N–H and O–H groups in total. The maximum absolute atomic E-state index is 13.7. The molecule has 11 heteroatoms. The molecular weight excluding hydrogens is 503 g/mol. The van der Waals surface area contributed by atoms with Crippen LogP contribution in [0.5, 0.6) is 5.75 Å². The van der Waals surface area contributed by atoms with Gasteiger partial charge in [-0.3, -0.25) is 10.2 Å². The number of ether oxygens (including phenoxy) is 2. The number of aliphatic hydroxyl groups excluding tert-OH is 1. The minimum absolute atomic E-state index is 0.0479. The summed E-state index contributed by atoms with van der Waals surface area (Å²) in [6.07, 6.45) is -0.0295. The fraction of sp³-hybridized carbons (Fsp3) is 0.286. The Morgan fingerprint density at radius 3 is 2.64 bits per heavy atom. The molecule has 1 amide bonds. The summed E-state index contributed by atoms with van der Waals surface area (Å²) in [5, 5.41) is 12.7. The molecule has 10 nitrogen and oxygen atoms in total. The van der Waals surface area contributed by atoms with Gasteiger partial charge in [0.05, 0.1) is 6.61 Å². The van der Waals surface area contributed by atoms with Gasteiger partial charge in [0.25, 0.3) is 5.91 Å². The van der Waals surface area contributed by atoms with Crippen LogP contribution in [0.15, 0.2) is 82.9 Å². The van der Waals surface area contributed by atoms with Crippen molar-refractivity contribution in [3.63, 3.8) is 0 Å². The van der Waals surface area contributed by atoms with E-state index in [1.807, 2.05) is 0 Å². The fourth-order valence-electron chi connectivity index (χ4n) is 4.18. The van der Waals surface area contributed by atoms with Crippen LogP contribution in [0.1, 0.15) is 30.0 Å². The van der Waals surface area contributed by atoms with Gasteiger partial charge in [0, 0.05) is 42.2 Å². The summed E-state index contributed by atoms with van der Waals surface area (Å²) in [7, 11) is 0. The predicted octanol–water partition coefficient (Wildman–Crippen LogP) is 4.50. The Bertz CT molecular complexity index is 1360. The van der Waals surface area contributed by atoms with Crippen molar-refractivity contribution in [2.24, 2.45) is 10.1 Å². The second kappa shape index (κ2) is 12.9. The van der Waals surface area contributed by atoms with E-state index in [0.717, 1.165) is 5.56 Å². The first-order chi connectivity index (χ1) is 18.9. The number of hydrogen-bond acceptors (Lipinski definition) is 7. The molecule has 0 radical (unpaired) electrons. The van der Waals surface area contributed by atoms with Crippen LogP contribution in [-0.2, 0) is 22.5 Å². The second-order valence-corrected chi connectivity index (χ2v) is 8.98. The van der Waals surface area contributed by atoms with Crippen molar-refractivity contribution in [3.05, 3.63) is 106 Å². The number of amides is 1. The van der Waals surface area contributed by atoms with Crippen molar-refractivity contribution < 1.29 is 23.8 Å². The minimum atomic E-state index is -1.39. The minimum Gasteiger partial charge on any atom is -0.494 e. The molecule has 1 aliphatic rings. The van der Waals surface area contributed by atoms with Gasteiger partial charge in [-0.2, -0.15) is 0 Å². The van der Waals surface area contributed by atoms with Crippen LogP contribution < -0.4 is 15.6 Å². The highest BCUT2D eigenvalue weighted by Gasteiger charge is 2.50. The van der Waals surface area contributed by atoms with Crippen LogP contribution in [0.25, 0.3) is 10.4 Å². The maximum Gasteiger partial charge on any atom is 0.266 e. The van der Waals surface area contributed by atoms with Gasteiger partial charge in [-0.05, 0) is 60.0 Å². The van der Waals surface area contributed by atoms with Crippen LogP contribution >= 0.6 is 0 Å². The summed E-state index contributed by atoms with van der Waals surface area (Å²) in [5.41, 5.74) is 15.7. The Morgan fingerprint density at radius 2 is 1.92 bits per heavy atom. The van der Waals surface area contributed by atoms with E-state index in [0.29, 0.717) is 41.5 Å². The molecule has 0 saturated heterocycles. The van der Waals surface area contributed by atoms with Gasteiger partial charge in [0.2, 0.25) is 5.90 Å². The summed E-state index contributed by atoms with van der Waals surface area (Å²) in [4.78, 5) is 21.4. The Balaban J connectivity index is 1.60. The van der Waals surface area contributed by atoms with Crippen LogP contribution in [0.3, 0.4) is 0 Å². The zero-order chi connectivity index (χ0) is 27.7. The van der Waals surface area contributed by atoms with Crippen molar-refractivity contribution in [1.29, 1.82) is 0 Å².